The van der Waals surface area contributed by atoms with Crippen LogP contribution in [-0.2, 0) is 24.2 Å². The summed E-state index contributed by atoms with van der Waals surface area (Å²) in [6, 6.07) is 0. The molecule has 1 amide bonds. The molecule has 2 aromatic heterocycles. The number of aromatic nitrogens is 2. The highest BCUT2D eigenvalue weighted by molar-refractivity contribution is 7.18. The van der Waals surface area contributed by atoms with E-state index in [0.29, 0.717) is 19.6 Å². The van der Waals surface area contributed by atoms with Crippen LogP contribution in [0.2, 0.25) is 0 Å². The molecule has 1 aliphatic rings. The van der Waals surface area contributed by atoms with Gasteiger partial charge in [0.2, 0.25) is 5.91 Å². The monoisotopic (exact) mass is 357 g/mol. The van der Waals surface area contributed by atoms with E-state index in [1.54, 1.807) is 39.3 Å². The molecule has 3 rings (SSSR count). The van der Waals surface area contributed by atoms with Crippen molar-refractivity contribution in [2.45, 2.75) is 38.6 Å². The Morgan fingerprint density at radius 2 is 2.00 bits per heavy atom. The van der Waals surface area contributed by atoms with Gasteiger partial charge in [-0.3, -0.25) is 14.2 Å². The Kier molecular flexibility index (Phi) is 5.48. The number of hydrogen-bond donors (Lipinski definition) is 0. The van der Waals surface area contributed by atoms with Crippen LogP contribution in [0.1, 0.15) is 29.7 Å². The second-order valence-electron chi connectivity index (χ2n) is 6.26. The lowest BCUT2D eigenvalue weighted by atomic mass is 9.97. The molecule has 0 radical (unpaired) electrons. The summed E-state index contributed by atoms with van der Waals surface area (Å²) in [5.41, 5.74) is 1.17. The third-order valence-electron chi connectivity index (χ3n) is 4.56. The SMILES string of the molecule is C=CCN(CC=C)C(=O)CCn1cnc2sc3c(c2c1=O)CCCC3. The number of aryl methyl sites for hydroxylation is 3. The molecule has 0 saturated carbocycles. The molecule has 0 atom stereocenters. The number of nitrogens with zero attached hydrogens (tertiary/aromatic N) is 3. The second kappa shape index (κ2) is 7.78. The first-order chi connectivity index (χ1) is 12.2. The summed E-state index contributed by atoms with van der Waals surface area (Å²) in [5, 5.41) is 0.767. The lowest BCUT2D eigenvalue weighted by Gasteiger charge is -2.19. The lowest BCUT2D eigenvalue weighted by molar-refractivity contribution is -0.130. The van der Waals surface area contributed by atoms with Crippen molar-refractivity contribution in [2.24, 2.45) is 0 Å². The van der Waals surface area contributed by atoms with Crippen LogP contribution in [0.25, 0.3) is 10.2 Å². The van der Waals surface area contributed by atoms with Gasteiger partial charge in [-0.1, -0.05) is 12.2 Å². The van der Waals surface area contributed by atoms with Crippen LogP contribution in [-0.4, -0.2) is 33.4 Å². The lowest BCUT2D eigenvalue weighted by Crippen LogP contribution is -2.33. The standard InChI is InChI=1S/C19H23N3O2S/c1-3-10-21(11-4-2)16(23)9-12-22-13-20-18-17(19(22)24)14-7-5-6-8-15(14)25-18/h3-4,13H,1-2,5-12H2. The summed E-state index contributed by atoms with van der Waals surface area (Å²) in [7, 11) is 0. The van der Waals surface area contributed by atoms with Crippen molar-refractivity contribution in [3.8, 4) is 0 Å². The van der Waals surface area contributed by atoms with Gasteiger partial charge in [0.15, 0.2) is 0 Å². The van der Waals surface area contributed by atoms with Crippen LogP contribution in [0, 0.1) is 0 Å². The summed E-state index contributed by atoms with van der Waals surface area (Å²) in [6.07, 6.45) is 9.55. The Balaban J connectivity index is 1.81. The van der Waals surface area contributed by atoms with Crippen LogP contribution < -0.4 is 5.56 Å². The van der Waals surface area contributed by atoms with Gasteiger partial charge in [0.05, 0.1) is 11.7 Å². The molecule has 0 bridgehead atoms. The minimum absolute atomic E-state index is 0.0147. The molecule has 6 heteroatoms. The molecular formula is C19H23N3O2S. The fraction of sp³-hybridized carbons (Fsp3) is 0.421. The number of amides is 1. The number of hydrogen-bond acceptors (Lipinski definition) is 4. The number of carbonyl (C=O) groups is 1. The number of fused-ring (bicyclic) bond motifs is 3. The van der Waals surface area contributed by atoms with Gasteiger partial charge in [-0.15, -0.1) is 24.5 Å². The molecule has 0 aliphatic heterocycles. The van der Waals surface area contributed by atoms with Crippen LogP contribution >= 0.6 is 11.3 Å². The molecule has 0 N–H and O–H groups in total. The first kappa shape index (κ1) is 17.6. The minimum atomic E-state index is -0.0174. The van der Waals surface area contributed by atoms with E-state index in [1.165, 1.54) is 16.9 Å². The van der Waals surface area contributed by atoms with Crippen LogP contribution in [0.3, 0.4) is 0 Å². The van der Waals surface area contributed by atoms with Crippen molar-refractivity contribution >= 4 is 27.5 Å². The van der Waals surface area contributed by atoms with Crippen molar-refractivity contribution in [3.63, 3.8) is 0 Å². The molecule has 2 heterocycles. The van der Waals surface area contributed by atoms with Crippen LogP contribution in [0.5, 0.6) is 0 Å². The molecule has 1 aliphatic carbocycles. The highest BCUT2D eigenvalue weighted by atomic mass is 32.1. The normalized spacial score (nSPS) is 13.4. The quantitative estimate of drug-likeness (QED) is 0.716. The van der Waals surface area contributed by atoms with Gasteiger partial charge in [-0.05, 0) is 31.2 Å². The van der Waals surface area contributed by atoms with Crippen molar-refractivity contribution in [1.29, 1.82) is 0 Å². The summed E-state index contributed by atoms with van der Waals surface area (Å²) >= 11 is 1.64. The van der Waals surface area contributed by atoms with E-state index in [-0.39, 0.29) is 17.9 Å². The van der Waals surface area contributed by atoms with E-state index in [2.05, 4.69) is 18.1 Å². The summed E-state index contributed by atoms with van der Waals surface area (Å²) in [6.45, 7) is 8.65. The Morgan fingerprint density at radius 3 is 2.72 bits per heavy atom. The van der Waals surface area contributed by atoms with E-state index in [1.807, 2.05) is 0 Å². The van der Waals surface area contributed by atoms with E-state index in [9.17, 15) is 9.59 Å². The predicted molar refractivity (Wildman–Crippen MR) is 102 cm³/mol. The summed E-state index contributed by atoms with van der Waals surface area (Å²) < 4.78 is 1.57. The maximum atomic E-state index is 12.9. The second-order valence-corrected chi connectivity index (χ2v) is 7.34. The molecule has 0 aromatic carbocycles. The van der Waals surface area contributed by atoms with Gasteiger partial charge in [0, 0.05) is 30.9 Å². The van der Waals surface area contributed by atoms with Gasteiger partial charge < -0.3 is 4.90 Å². The Bertz CT molecular complexity index is 855. The molecule has 0 saturated heterocycles. The van der Waals surface area contributed by atoms with Gasteiger partial charge in [0.1, 0.15) is 4.83 Å². The van der Waals surface area contributed by atoms with Crippen molar-refractivity contribution < 1.29 is 4.79 Å². The van der Waals surface area contributed by atoms with Crippen LogP contribution in [0.4, 0.5) is 0 Å². The Hall–Kier alpha value is -2.21. The van der Waals surface area contributed by atoms with Gasteiger partial charge in [0.25, 0.3) is 5.56 Å². The highest BCUT2D eigenvalue weighted by Crippen LogP contribution is 2.33. The zero-order valence-corrected chi connectivity index (χ0v) is 15.2. The highest BCUT2D eigenvalue weighted by Gasteiger charge is 2.20. The zero-order chi connectivity index (χ0) is 17.8. The summed E-state index contributed by atoms with van der Waals surface area (Å²) in [5.74, 6) is -0.0147. The fourth-order valence-corrected chi connectivity index (χ4v) is 4.52. The first-order valence-electron chi connectivity index (χ1n) is 8.65. The molecule has 132 valence electrons. The largest absolute Gasteiger partial charge is 0.335 e. The first-order valence-corrected chi connectivity index (χ1v) is 9.46. The molecule has 2 aromatic rings. The minimum Gasteiger partial charge on any atom is -0.335 e. The van der Waals surface area contributed by atoms with Crippen LogP contribution in [0.15, 0.2) is 36.4 Å². The summed E-state index contributed by atoms with van der Waals surface area (Å²) in [4.78, 5) is 33.5. The van der Waals surface area contributed by atoms with E-state index in [4.69, 9.17) is 0 Å². The third-order valence-corrected chi connectivity index (χ3v) is 5.76. The average molecular weight is 357 g/mol. The number of rotatable bonds is 7. The average Bonchev–Trinajstić information content (AvgIpc) is 3.00. The Morgan fingerprint density at radius 1 is 1.28 bits per heavy atom. The van der Waals surface area contributed by atoms with Gasteiger partial charge >= 0.3 is 0 Å². The van der Waals surface area contributed by atoms with E-state index < -0.39 is 0 Å². The van der Waals surface area contributed by atoms with E-state index >= 15 is 0 Å². The van der Waals surface area contributed by atoms with Crippen molar-refractivity contribution in [1.82, 2.24) is 14.5 Å². The number of carbonyl (C=O) groups excluding carboxylic acids is 1. The van der Waals surface area contributed by atoms with Gasteiger partial charge in [-0.2, -0.15) is 0 Å². The third kappa shape index (κ3) is 3.58. The van der Waals surface area contributed by atoms with Gasteiger partial charge in [-0.25, -0.2) is 4.98 Å². The predicted octanol–water partition coefficient (Wildman–Crippen LogP) is 2.93. The molecular weight excluding hydrogens is 334 g/mol. The zero-order valence-electron chi connectivity index (χ0n) is 14.4. The van der Waals surface area contributed by atoms with Crippen molar-refractivity contribution in [3.05, 3.63) is 52.4 Å². The topological polar surface area (TPSA) is 55.2 Å². The Labute approximate surface area is 151 Å². The fourth-order valence-electron chi connectivity index (χ4n) is 3.30. The molecule has 0 spiro atoms. The molecule has 5 nitrogen and oxygen atoms in total. The molecule has 0 fully saturated rings. The van der Waals surface area contributed by atoms with Crippen molar-refractivity contribution in [2.75, 3.05) is 13.1 Å². The maximum absolute atomic E-state index is 12.9. The smallest absolute Gasteiger partial charge is 0.262 e. The number of thiophene rings is 1. The van der Waals surface area contributed by atoms with E-state index in [0.717, 1.165) is 29.5 Å². The molecule has 25 heavy (non-hydrogen) atoms. The maximum Gasteiger partial charge on any atom is 0.262 e. The molecule has 0 unspecified atom stereocenters.